The van der Waals surface area contributed by atoms with Crippen molar-refractivity contribution in [1.82, 2.24) is 0 Å². The number of benzene rings is 3. The minimum Gasteiger partial charge on any atom is -0.491 e. The van der Waals surface area contributed by atoms with E-state index >= 15 is 0 Å². The molecule has 0 aliphatic carbocycles. The van der Waals surface area contributed by atoms with E-state index in [4.69, 9.17) is 16.3 Å². The molecule has 0 aliphatic rings. The number of hydrogen-bond acceptors (Lipinski definition) is 2. The van der Waals surface area contributed by atoms with Crippen LogP contribution in [0.15, 0.2) is 78.9 Å². The molecule has 0 unspecified atom stereocenters. The molecule has 0 aliphatic heterocycles. The van der Waals surface area contributed by atoms with Crippen LogP contribution >= 0.6 is 11.6 Å². The monoisotopic (exact) mass is 351 g/mol. The van der Waals surface area contributed by atoms with Gasteiger partial charge in [0.2, 0.25) is 0 Å². The molecule has 0 heterocycles. The zero-order valence-electron chi connectivity index (χ0n) is 14.4. The van der Waals surface area contributed by atoms with Crippen LogP contribution in [0.5, 0.6) is 5.75 Å². The van der Waals surface area contributed by atoms with E-state index in [1.54, 1.807) is 0 Å². The highest BCUT2D eigenvalue weighted by atomic mass is 35.5. The van der Waals surface area contributed by atoms with E-state index in [-0.39, 0.29) is 0 Å². The van der Waals surface area contributed by atoms with Gasteiger partial charge < -0.3 is 9.64 Å². The van der Waals surface area contributed by atoms with Crippen LogP contribution in [0.4, 0.5) is 5.69 Å². The molecule has 0 atom stereocenters. The van der Waals surface area contributed by atoms with Crippen LogP contribution in [0.1, 0.15) is 6.92 Å². The Morgan fingerprint density at radius 1 is 0.880 bits per heavy atom. The number of likely N-dealkylation sites (N-methyl/N-ethyl adjacent to an activating group) is 1. The van der Waals surface area contributed by atoms with E-state index in [9.17, 15) is 0 Å². The number of hydrogen-bond donors (Lipinski definition) is 0. The highest BCUT2D eigenvalue weighted by Gasteiger charge is 2.08. The van der Waals surface area contributed by atoms with Gasteiger partial charge in [0, 0.05) is 22.8 Å². The number of halogens is 1. The molecule has 128 valence electrons. The van der Waals surface area contributed by atoms with Crippen molar-refractivity contribution >= 4 is 17.3 Å². The Hall–Kier alpha value is -2.45. The third-order valence-corrected chi connectivity index (χ3v) is 4.38. The van der Waals surface area contributed by atoms with Crippen LogP contribution in [-0.4, -0.2) is 19.7 Å². The largest absolute Gasteiger partial charge is 0.491 e. The Kier molecular flexibility index (Phi) is 5.97. The lowest BCUT2D eigenvalue weighted by molar-refractivity contribution is 0.325. The summed E-state index contributed by atoms with van der Waals surface area (Å²) in [6.07, 6.45) is 0. The van der Waals surface area contributed by atoms with Gasteiger partial charge in [-0.05, 0) is 36.8 Å². The SMILES string of the molecule is CCN(CCOc1ccccc1-c1ccccc1)c1cccc(Cl)c1. The van der Waals surface area contributed by atoms with Crippen molar-refractivity contribution in [2.75, 3.05) is 24.6 Å². The lowest BCUT2D eigenvalue weighted by Gasteiger charge is -2.23. The van der Waals surface area contributed by atoms with Crippen LogP contribution in [0.25, 0.3) is 11.1 Å². The Morgan fingerprint density at radius 3 is 2.40 bits per heavy atom. The van der Waals surface area contributed by atoms with Gasteiger partial charge in [0.1, 0.15) is 12.4 Å². The normalized spacial score (nSPS) is 10.5. The zero-order chi connectivity index (χ0) is 17.5. The maximum Gasteiger partial charge on any atom is 0.127 e. The molecule has 3 aromatic carbocycles. The Balaban J connectivity index is 1.68. The predicted octanol–water partition coefficient (Wildman–Crippen LogP) is 5.91. The Morgan fingerprint density at radius 2 is 1.64 bits per heavy atom. The number of ether oxygens (including phenoxy) is 1. The smallest absolute Gasteiger partial charge is 0.127 e. The summed E-state index contributed by atoms with van der Waals surface area (Å²) in [6, 6.07) is 26.4. The van der Waals surface area contributed by atoms with Crippen LogP contribution < -0.4 is 9.64 Å². The van der Waals surface area contributed by atoms with Crippen molar-refractivity contribution in [1.29, 1.82) is 0 Å². The van der Waals surface area contributed by atoms with Gasteiger partial charge in [-0.3, -0.25) is 0 Å². The van der Waals surface area contributed by atoms with Gasteiger partial charge in [0.05, 0.1) is 6.54 Å². The topological polar surface area (TPSA) is 12.5 Å². The van der Waals surface area contributed by atoms with Gasteiger partial charge in [-0.1, -0.05) is 66.2 Å². The van der Waals surface area contributed by atoms with E-state index in [2.05, 4.69) is 36.1 Å². The summed E-state index contributed by atoms with van der Waals surface area (Å²) in [4.78, 5) is 2.26. The van der Waals surface area contributed by atoms with Gasteiger partial charge in [0.15, 0.2) is 0 Å². The third kappa shape index (κ3) is 4.55. The van der Waals surface area contributed by atoms with Crippen LogP contribution in [0, 0.1) is 0 Å². The molecule has 0 spiro atoms. The quantitative estimate of drug-likeness (QED) is 0.524. The summed E-state index contributed by atoms with van der Waals surface area (Å²) in [7, 11) is 0. The van der Waals surface area contributed by atoms with Gasteiger partial charge >= 0.3 is 0 Å². The Bertz CT molecular complexity index is 804. The van der Waals surface area contributed by atoms with Crippen LogP contribution in [0.2, 0.25) is 5.02 Å². The van der Waals surface area contributed by atoms with E-state index in [1.165, 1.54) is 5.56 Å². The van der Waals surface area contributed by atoms with Crippen molar-refractivity contribution in [2.24, 2.45) is 0 Å². The number of para-hydroxylation sites is 1. The molecular weight excluding hydrogens is 330 g/mol. The molecule has 0 bridgehead atoms. The molecule has 0 N–H and O–H groups in total. The van der Waals surface area contributed by atoms with E-state index in [0.717, 1.165) is 35.1 Å². The lowest BCUT2D eigenvalue weighted by atomic mass is 10.1. The minimum atomic E-state index is 0.615. The molecule has 0 saturated heterocycles. The van der Waals surface area contributed by atoms with Crippen LogP contribution in [-0.2, 0) is 0 Å². The highest BCUT2D eigenvalue weighted by Crippen LogP contribution is 2.29. The third-order valence-electron chi connectivity index (χ3n) is 4.15. The lowest BCUT2D eigenvalue weighted by Crippen LogP contribution is -2.28. The van der Waals surface area contributed by atoms with Gasteiger partial charge in [-0.15, -0.1) is 0 Å². The number of nitrogens with zero attached hydrogens (tertiary/aromatic N) is 1. The van der Waals surface area contributed by atoms with Crippen molar-refractivity contribution in [2.45, 2.75) is 6.92 Å². The van der Waals surface area contributed by atoms with Crippen molar-refractivity contribution < 1.29 is 4.74 Å². The molecular formula is C22H22ClNO. The summed E-state index contributed by atoms with van der Waals surface area (Å²) in [5.74, 6) is 0.913. The second kappa shape index (κ2) is 8.59. The summed E-state index contributed by atoms with van der Waals surface area (Å²) in [5.41, 5.74) is 3.41. The van der Waals surface area contributed by atoms with Crippen molar-refractivity contribution in [3.05, 3.63) is 83.9 Å². The average Bonchev–Trinajstić information content (AvgIpc) is 2.66. The first-order valence-corrected chi connectivity index (χ1v) is 8.93. The summed E-state index contributed by atoms with van der Waals surface area (Å²) in [5, 5.41) is 0.756. The van der Waals surface area contributed by atoms with E-state index in [1.807, 2.05) is 54.6 Å². The standard InChI is InChI=1S/C22H22ClNO/c1-2-24(20-12-8-11-19(23)17-20)15-16-25-22-14-7-6-13-21(22)18-9-4-3-5-10-18/h3-14,17H,2,15-16H2,1H3. The Labute approximate surface area is 154 Å². The second-order valence-electron chi connectivity index (χ2n) is 5.77. The summed E-state index contributed by atoms with van der Waals surface area (Å²) >= 11 is 6.11. The minimum absolute atomic E-state index is 0.615. The molecule has 0 amide bonds. The van der Waals surface area contributed by atoms with E-state index < -0.39 is 0 Å². The molecule has 2 nitrogen and oxygen atoms in total. The highest BCUT2D eigenvalue weighted by molar-refractivity contribution is 6.30. The average molecular weight is 352 g/mol. The maximum atomic E-state index is 6.11. The van der Waals surface area contributed by atoms with Crippen molar-refractivity contribution in [3.63, 3.8) is 0 Å². The first-order valence-electron chi connectivity index (χ1n) is 8.55. The fourth-order valence-electron chi connectivity index (χ4n) is 2.86. The molecule has 0 fully saturated rings. The van der Waals surface area contributed by atoms with Crippen molar-refractivity contribution in [3.8, 4) is 16.9 Å². The number of anilines is 1. The number of rotatable bonds is 7. The molecule has 0 saturated carbocycles. The van der Waals surface area contributed by atoms with E-state index in [0.29, 0.717) is 6.61 Å². The second-order valence-corrected chi connectivity index (χ2v) is 6.21. The molecule has 3 heteroatoms. The molecule has 3 aromatic rings. The van der Waals surface area contributed by atoms with Gasteiger partial charge in [0.25, 0.3) is 0 Å². The first kappa shape index (κ1) is 17.4. The zero-order valence-corrected chi connectivity index (χ0v) is 15.1. The predicted molar refractivity (Wildman–Crippen MR) is 107 cm³/mol. The molecule has 0 radical (unpaired) electrons. The van der Waals surface area contributed by atoms with Crippen LogP contribution in [0.3, 0.4) is 0 Å². The molecule has 25 heavy (non-hydrogen) atoms. The van der Waals surface area contributed by atoms with Gasteiger partial charge in [-0.2, -0.15) is 0 Å². The molecule has 0 aromatic heterocycles. The maximum absolute atomic E-state index is 6.11. The molecule has 3 rings (SSSR count). The van der Waals surface area contributed by atoms with Gasteiger partial charge in [-0.25, -0.2) is 0 Å². The fourth-order valence-corrected chi connectivity index (χ4v) is 3.04. The summed E-state index contributed by atoms with van der Waals surface area (Å²) < 4.78 is 6.10. The first-order chi connectivity index (χ1) is 12.3. The fraction of sp³-hybridized carbons (Fsp3) is 0.182. The summed E-state index contributed by atoms with van der Waals surface area (Å²) in [6.45, 7) is 4.47.